The largest absolute Gasteiger partial charge is 0.489 e. The number of benzene rings is 5. The summed E-state index contributed by atoms with van der Waals surface area (Å²) < 4.78 is 132. The van der Waals surface area contributed by atoms with E-state index in [9.17, 15) is 63.5 Å². The second-order valence-electron chi connectivity index (χ2n) is 21.2. The van der Waals surface area contributed by atoms with Gasteiger partial charge < -0.3 is 63.5 Å². The lowest BCUT2D eigenvalue weighted by atomic mass is 10.1. The fourth-order valence-electron chi connectivity index (χ4n) is 8.59. The lowest BCUT2D eigenvalue weighted by molar-refractivity contribution is 0.0680. The second-order valence-corrected chi connectivity index (χ2v) is 25.1. The van der Waals surface area contributed by atoms with Crippen molar-refractivity contribution in [3.8, 4) is 68.4 Å². The summed E-state index contributed by atoms with van der Waals surface area (Å²) in [5.74, 6) is -14.3. The van der Waals surface area contributed by atoms with E-state index in [2.05, 4.69) is 54.6 Å². The van der Waals surface area contributed by atoms with Crippen LogP contribution in [0.4, 0.5) is 74.3 Å². The van der Waals surface area contributed by atoms with E-state index in [-0.39, 0.29) is 150 Å². The molecule has 0 atom stereocenters. The molecule has 14 N–H and O–H groups in total. The Kier molecular flexibility index (Phi) is 30.5. The standard InChI is InChI=1S/C13H8Cl2F3N3O3.C13H8Cl2F3N3O.C13H11Cl2FN4O2.C13H10Cl2FN3O3.C12H8Cl2FN3O2/c14-5-2-1-4(8(18)10(5)24-3-6(16)17)12-20-9(13(22)23)7(15)11(19)21-12;1-4(22)10-8(15)12(19)21-13(20-10)5-2-3-6(14)7(9(5)16)11(17)18;1-20(2)10-6(14)4-3-5(8(10)16)12-18-9(13(21)22)7(15)11(17)19-12;1-2-22-10-6(14)4-3-5(8(10)16)12-18-9(13(20)21)7(15)11(17)19-12;1-4-6(13)3-2-5(8(4)15)11-17-9(12(19)20)7(14)10(16)18-11/h1-2,6H,3H2,(H,22,23)(H2,19,20,21);2-3,11H,1H3,(H2,19,20,21);3-4H,1-2H3,(H,21,22)(H2,17,18,19);3-4H,2H2,1H3,(H,20,21)(H2,17,18,19);2-3H,1H3,(H,19,20)(H2,16,17,18). The first kappa shape index (κ1) is 88.6. The number of carboxylic acid groups (broad SMARTS) is 4. The first-order valence-corrected chi connectivity index (χ1v) is 33.1. The summed E-state index contributed by atoms with van der Waals surface area (Å²) in [5.41, 5.74) is 23.9. The molecule has 0 unspecified atom stereocenters. The van der Waals surface area contributed by atoms with E-state index in [0.717, 1.165) is 24.3 Å². The van der Waals surface area contributed by atoms with Crippen molar-refractivity contribution in [2.75, 3.05) is 60.9 Å². The van der Waals surface area contributed by atoms with Crippen molar-refractivity contribution < 1.29 is 93.4 Å². The van der Waals surface area contributed by atoms with Crippen LogP contribution in [0.1, 0.15) is 83.8 Å². The van der Waals surface area contributed by atoms with Crippen LogP contribution in [0.25, 0.3) is 56.9 Å². The number of nitrogens with two attached hydrogens (primary N) is 5. The van der Waals surface area contributed by atoms with Gasteiger partial charge in [0.1, 0.15) is 78.1 Å². The molecule has 5 aromatic carbocycles. The molecular weight excluding hydrogens is 1690 g/mol. The first-order valence-electron chi connectivity index (χ1n) is 29.3. The Bertz CT molecular complexity index is 5180. The maximum absolute atomic E-state index is 14.6. The minimum absolute atomic E-state index is 0.00207. The minimum Gasteiger partial charge on any atom is -0.489 e. The average molecular weight is 1740 g/mol. The molecule has 0 saturated carbocycles. The molecule has 0 fully saturated rings. The molecule has 0 aliphatic carbocycles. The maximum atomic E-state index is 14.6. The molecule has 0 aliphatic heterocycles. The summed E-state index contributed by atoms with van der Waals surface area (Å²) in [6.45, 7) is 3.45. The molecule has 0 spiro atoms. The van der Waals surface area contributed by atoms with Gasteiger partial charge in [0.15, 0.2) is 86.6 Å². The molecule has 46 heteroatoms. The number of aromatic nitrogens is 10. The molecular formula is C64H45Cl10F9N16O11. The number of halogens is 19. The van der Waals surface area contributed by atoms with Gasteiger partial charge in [-0.05, 0) is 74.5 Å². The molecule has 0 aliphatic rings. The number of ketones is 1. The monoisotopic (exact) mass is 1730 g/mol. The van der Waals surface area contributed by atoms with E-state index in [0.29, 0.717) is 0 Å². The van der Waals surface area contributed by atoms with Crippen LogP contribution in [0.15, 0.2) is 60.7 Å². The van der Waals surface area contributed by atoms with E-state index < -0.39 is 128 Å². The summed E-state index contributed by atoms with van der Waals surface area (Å²) in [4.78, 5) is 94.8. The number of anilines is 6. The van der Waals surface area contributed by atoms with Crippen molar-refractivity contribution in [2.24, 2.45) is 0 Å². The van der Waals surface area contributed by atoms with Crippen LogP contribution >= 0.6 is 116 Å². The van der Waals surface area contributed by atoms with Crippen molar-refractivity contribution in [2.45, 2.75) is 33.6 Å². The van der Waals surface area contributed by atoms with Crippen LogP contribution in [-0.2, 0) is 0 Å². The van der Waals surface area contributed by atoms with Crippen LogP contribution in [-0.4, -0.2) is 134 Å². The number of hydrogen-bond acceptors (Lipinski definition) is 23. The van der Waals surface area contributed by atoms with Gasteiger partial charge in [0.05, 0.1) is 65.8 Å². The number of aromatic carboxylic acids is 4. The molecule has 10 rings (SSSR count). The number of ether oxygens (including phenoxy) is 2. The Morgan fingerprint density at radius 3 is 1.00 bits per heavy atom. The SMILES string of the molecule is CC(=O)c1nc(-c2ccc(Cl)c(C(F)F)c2F)nc(N)c1Cl.CCOc1c(Cl)ccc(-c2nc(N)c(Cl)c(C(=O)O)n2)c1F.CN(C)c1c(Cl)ccc(-c2nc(N)c(Cl)c(C(=O)O)n2)c1F.Cc1c(Cl)ccc(-c2nc(N)c(Cl)c(C(=O)O)n2)c1F.Nc1nc(-c2ccc(Cl)c(OCC(F)F)c2F)nc(C(=O)O)c1Cl. The van der Waals surface area contributed by atoms with Gasteiger partial charge in [0.25, 0.3) is 12.9 Å². The summed E-state index contributed by atoms with van der Waals surface area (Å²) in [6, 6.07) is 12.8. The zero-order valence-electron chi connectivity index (χ0n) is 55.5. The molecule has 10 aromatic rings. The van der Waals surface area contributed by atoms with Crippen LogP contribution in [0.2, 0.25) is 50.2 Å². The third kappa shape index (κ3) is 20.6. The van der Waals surface area contributed by atoms with Gasteiger partial charge in [0.2, 0.25) is 0 Å². The van der Waals surface area contributed by atoms with E-state index >= 15 is 0 Å². The molecule has 0 amide bonds. The number of rotatable bonds is 17. The molecule has 0 bridgehead atoms. The predicted molar refractivity (Wildman–Crippen MR) is 394 cm³/mol. The van der Waals surface area contributed by atoms with Gasteiger partial charge in [-0.1, -0.05) is 116 Å². The number of Topliss-reactive ketones (excluding diaryl/α,β-unsaturated/α-hetero) is 1. The van der Waals surface area contributed by atoms with E-state index in [1.807, 2.05) is 0 Å². The van der Waals surface area contributed by atoms with Crippen LogP contribution in [0.3, 0.4) is 0 Å². The summed E-state index contributed by atoms with van der Waals surface area (Å²) in [6.07, 6.45) is -5.96. The highest BCUT2D eigenvalue weighted by molar-refractivity contribution is 6.38. The number of alkyl halides is 4. The number of carboxylic acids is 4. The highest BCUT2D eigenvalue weighted by atomic mass is 35.5. The zero-order chi connectivity index (χ0) is 82.7. The molecule has 27 nitrogen and oxygen atoms in total. The smallest absolute Gasteiger partial charge is 0.356 e. The molecule has 0 saturated heterocycles. The lowest BCUT2D eigenvalue weighted by Crippen LogP contribution is -2.13. The number of carbonyl (C=O) groups is 5. The summed E-state index contributed by atoms with van der Waals surface area (Å²) in [5, 5.41) is 34.5. The third-order valence-corrected chi connectivity index (χ3v) is 17.2. The molecule has 0 radical (unpaired) electrons. The van der Waals surface area contributed by atoms with Gasteiger partial charge in [-0.2, -0.15) is 0 Å². The third-order valence-electron chi connectivity index (χ3n) is 13.7. The summed E-state index contributed by atoms with van der Waals surface area (Å²) >= 11 is 57.5. The van der Waals surface area contributed by atoms with Crippen LogP contribution in [0, 0.1) is 36.0 Å². The Hall–Kier alpha value is -10.3. The second kappa shape index (κ2) is 37.9. The minimum atomic E-state index is -3.12. The predicted octanol–water partition coefficient (Wildman–Crippen LogP) is 17.2. The topological polar surface area (TPSA) is 447 Å². The van der Waals surface area contributed by atoms with Crippen LogP contribution in [0.5, 0.6) is 11.5 Å². The normalized spacial score (nSPS) is 10.7. The number of nitrogens with zero attached hydrogens (tertiary/aromatic N) is 11. The van der Waals surface area contributed by atoms with Crippen molar-refractivity contribution in [3.05, 3.63) is 180 Å². The highest BCUT2D eigenvalue weighted by Crippen LogP contribution is 2.41. The van der Waals surface area contributed by atoms with Crippen molar-refractivity contribution in [3.63, 3.8) is 0 Å². The Balaban J connectivity index is 0.000000215. The van der Waals surface area contributed by atoms with Crippen molar-refractivity contribution >= 4 is 180 Å². The van der Waals surface area contributed by atoms with E-state index in [4.69, 9.17) is 170 Å². The van der Waals surface area contributed by atoms with Gasteiger partial charge in [-0.25, -0.2) is 109 Å². The van der Waals surface area contributed by atoms with Crippen molar-refractivity contribution in [1.82, 2.24) is 49.8 Å². The molecule has 5 heterocycles. The fourth-order valence-corrected chi connectivity index (χ4v) is 10.6. The van der Waals surface area contributed by atoms with Gasteiger partial charge >= 0.3 is 23.9 Å². The molecule has 580 valence electrons. The zero-order valence-corrected chi connectivity index (χ0v) is 63.0. The Labute approximate surface area is 661 Å². The van der Waals surface area contributed by atoms with Gasteiger partial charge in [0, 0.05) is 31.6 Å². The lowest BCUT2D eigenvalue weighted by Gasteiger charge is -2.17. The van der Waals surface area contributed by atoms with E-state index in [1.165, 1.54) is 55.1 Å². The number of nitrogen functional groups attached to an aromatic ring is 5. The van der Waals surface area contributed by atoms with Crippen molar-refractivity contribution in [1.29, 1.82) is 0 Å². The van der Waals surface area contributed by atoms with Crippen LogP contribution < -0.4 is 43.0 Å². The Morgan fingerprint density at radius 2 is 0.691 bits per heavy atom. The molecule has 5 aromatic heterocycles. The Morgan fingerprint density at radius 1 is 0.409 bits per heavy atom. The number of hydrogen-bond donors (Lipinski definition) is 9. The average Bonchev–Trinajstić information content (AvgIpc) is 0.812. The van der Waals surface area contributed by atoms with E-state index in [1.54, 1.807) is 21.0 Å². The maximum Gasteiger partial charge on any atom is 0.356 e. The first-order chi connectivity index (χ1) is 51.4. The fraction of sp³-hybridized carbons (Fsp3) is 0.141. The quantitative estimate of drug-likeness (QED) is 0.0302. The highest BCUT2D eigenvalue weighted by Gasteiger charge is 2.29. The van der Waals surface area contributed by atoms with Gasteiger partial charge in [-0.3, -0.25) is 4.79 Å². The summed E-state index contributed by atoms with van der Waals surface area (Å²) in [7, 11) is 3.24. The molecule has 110 heavy (non-hydrogen) atoms. The number of carbonyl (C=O) groups excluding carboxylic acids is 1. The van der Waals surface area contributed by atoms with Gasteiger partial charge in [-0.15, -0.1) is 0 Å².